The highest BCUT2D eigenvalue weighted by Crippen LogP contribution is 2.24. The molecule has 2 N–H and O–H groups in total. The Labute approximate surface area is 138 Å². The molecule has 0 radical (unpaired) electrons. The molecule has 0 heterocycles. The third-order valence-electron chi connectivity index (χ3n) is 3.37. The van der Waals surface area contributed by atoms with Crippen LogP contribution in [-0.2, 0) is 9.59 Å². The summed E-state index contributed by atoms with van der Waals surface area (Å²) in [6, 6.07) is 13.3. The fourth-order valence-electron chi connectivity index (χ4n) is 2.15. The van der Waals surface area contributed by atoms with Crippen molar-refractivity contribution in [3.63, 3.8) is 0 Å². The zero-order valence-corrected chi connectivity index (χ0v) is 12.8. The molecule has 0 aromatic heterocycles. The number of non-ortho nitro benzene ring substituents is 1. The molecule has 0 saturated heterocycles. The summed E-state index contributed by atoms with van der Waals surface area (Å²) in [5, 5.41) is 21.9. The van der Waals surface area contributed by atoms with E-state index in [4.69, 9.17) is 5.11 Å². The number of hydrogen-bond donors (Lipinski definition) is 2. The molecule has 7 nitrogen and oxygen atoms in total. The highest BCUT2D eigenvalue weighted by molar-refractivity contribution is 5.91. The van der Waals surface area contributed by atoms with Crippen molar-refractivity contribution in [3.8, 4) is 11.1 Å². The molecule has 0 aliphatic rings. The van der Waals surface area contributed by atoms with Crippen LogP contribution in [0.15, 0.2) is 48.5 Å². The molecule has 24 heavy (non-hydrogen) atoms. The minimum absolute atomic E-state index is 0.0315. The van der Waals surface area contributed by atoms with Crippen LogP contribution in [0, 0.1) is 10.1 Å². The first kappa shape index (κ1) is 17.1. The van der Waals surface area contributed by atoms with Crippen LogP contribution >= 0.6 is 0 Å². The Bertz CT molecular complexity index is 739. The van der Waals surface area contributed by atoms with Crippen LogP contribution in [0.4, 0.5) is 11.4 Å². The highest BCUT2D eigenvalue weighted by Gasteiger charge is 2.07. The Morgan fingerprint density at radius 3 is 2.00 bits per heavy atom. The minimum Gasteiger partial charge on any atom is -0.481 e. The Morgan fingerprint density at radius 2 is 1.50 bits per heavy atom. The minimum atomic E-state index is -0.921. The van der Waals surface area contributed by atoms with Gasteiger partial charge >= 0.3 is 5.97 Å². The van der Waals surface area contributed by atoms with Crippen molar-refractivity contribution in [3.05, 3.63) is 58.6 Å². The third-order valence-corrected chi connectivity index (χ3v) is 3.37. The lowest BCUT2D eigenvalue weighted by Crippen LogP contribution is -2.11. The molecule has 0 bridgehead atoms. The molecule has 7 heteroatoms. The topological polar surface area (TPSA) is 110 Å². The number of hydrogen-bond acceptors (Lipinski definition) is 4. The Kier molecular flexibility index (Phi) is 5.62. The number of carbonyl (C=O) groups is 2. The molecule has 2 aromatic rings. The molecule has 124 valence electrons. The standard InChI is InChI=1S/C17H16N2O5/c20-16(2-1-3-17(21)22)18-14-8-4-12(5-9-14)13-6-10-15(11-7-13)19(23)24/h4-11H,1-3H2,(H,18,20)(H,21,22). The van der Waals surface area contributed by atoms with Gasteiger partial charge in [0, 0.05) is 30.7 Å². The maximum atomic E-state index is 11.7. The molecule has 0 aliphatic carbocycles. The van der Waals surface area contributed by atoms with Crippen molar-refractivity contribution in [1.29, 1.82) is 0 Å². The van der Waals surface area contributed by atoms with Crippen LogP contribution in [0.1, 0.15) is 19.3 Å². The van der Waals surface area contributed by atoms with Crippen LogP contribution in [0.25, 0.3) is 11.1 Å². The van der Waals surface area contributed by atoms with Gasteiger partial charge < -0.3 is 10.4 Å². The van der Waals surface area contributed by atoms with Crippen LogP contribution < -0.4 is 5.32 Å². The summed E-state index contributed by atoms with van der Waals surface area (Å²) in [5.74, 6) is -1.16. The first-order valence-corrected chi connectivity index (χ1v) is 7.32. The maximum absolute atomic E-state index is 11.7. The second-order valence-electron chi connectivity index (χ2n) is 5.18. The van der Waals surface area contributed by atoms with E-state index in [1.807, 2.05) is 0 Å². The van der Waals surface area contributed by atoms with Crippen molar-refractivity contribution < 1.29 is 19.6 Å². The molecule has 0 atom stereocenters. The van der Waals surface area contributed by atoms with E-state index in [-0.39, 0.29) is 24.4 Å². The summed E-state index contributed by atoms with van der Waals surface area (Å²) in [6.07, 6.45) is 0.408. The summed E-state index contributed by atoms with van der Waals surface area (Å²) in [4.78, 5) is 32.3. The van der Waals surface area contributed by atoms with Gasteiger partial charge in [0.1, 0.15) is 0 Å². The average Bonchev–Trinajstić information content (AvgIpc) is 2.55. The number of anilines is 1. The van der Waals surface area contributed by atoms with Crippen molar-refractivity contribution in [2.24, 2.45) is 0 Å². The van der Waals surface area contributed by atoms with Gasteiger partial charge in [0.05, 0.1) is 4.92 Å². The summed E-state index contributed by atoms with van der Waals surface area (Å²) in [7, 11) is 0. The van der Waals surface area contributed by atoms with Gasteiger partial charge in [-0.3, -0.25) is 19.7 Å². The number of benzene rings is 2. The number of nitro groups is 1. The van der Waals surface area contributed by atoms with E-state index in [0.717, 1.165) is 11.1 Å². The smallest absolute Gasteiger partial charge is 0.303 e. The van der Waals surface area contributed by atoms with Crippen molar-refractivity contribution in [1.82, 2.24) is 0 Å². The van der Waals surface area contributed by atoms with Gasteiger partial charge in [-0.2, -0.15) is 0 Å². The van der Waals surface area contributed by atoms with Crippen LogP contribution in [0.5, 0.6) is 0 Å². The molecule has 0 spiro atoms. The first-order valence-electron chi connectivity index (χ1n) is 7.32. The highest BCUT2D eigenvalue weighted by atomic mass is 16.6. The molecule has 0 aliphatic heterocycles. The maximum Gasteiger partial charge on any atom is 0.303 e. The first-order chi connectivity index (χ1) is 11.5. The average molecular weight is 328 g/mol. The van der Waals surface area contributed by atoms with E-state index >= 15 is 0 Å². The van der Waals surface area contributed by atoms with Gasteiger partial charge in [0.2, 0.25) is 5.91 Å². The van der Waals surface area contributed by atoms with Gasteiger partial charge in [0.25, 0.3) is 5.69 Å². The number of nitro benzene ring substituents is 1. The number of nitrogens with zero attached hydrogens (tertiary/aromatic N) is 1. The molecular formula is C17H16N2O5. The number of nitrogens with one attached hydrogen (secondary N) is 1. The molecule has 2 rings (SSSR count). The van der Waals surface area contributed by atoms with E-state index in [9.17, 15) is 19.7 Å². The lowest BCUT2D eigenvalue weighted by atomic mass is 10.1. The van der Waals surface area contributed by atoms with Crippen molar-refractivity contribution in [2.45, 2.75) is 19.3 Å². The Hall–Kier alpha value is -3.22. The summed E-state index contributed by atoms with van der Waals surface area (Å²) in [5.41, 5.74) is 2.35. The SMILES string of the molecule is O=C(O)CCCC(=O)Nc1ccc(-c2ccc([N+](=O)[O-])cc2)cc1. The lowest BCUT2D eigenvalue weighted by molar-refractivity contribution is -0.384. The molecular weight excluding hydrogens is 312 g/mol. The zero-order chi connectivity index (χ0) is 17.5. The van der Waals surface area contributed by atoms with E-state index in [1.54, 1.807) is 36.4 Å². The lowest BCUT2D eigenvalue weighted by Gasteiger charge is -2.06. The second kappa shape index (κ2) is 7.87. The number of amides is 1. The van der Waals surface area contributed by atoms with E-state index < -0.39 is 10.9 Å². The fourth-order valence-corrected chi connectivity index (χ4v) is 2.15. The van der Waals surface area contributed by atoms with Gasteiger partial charge in [0.15, 0.2) is 0 Å². The molecule has 0 fully saturated rings. The van der Waals surface area contributed by atoms with Crippen LogP contribution in [0.3, 0.4) is 0 Å². The number of aliphatic carboxylic acids is 1. The molecule has 2 aromatic carbocycles. The Balaban J connectivity index is 1.96. The second-order valence-corrected chi connectivity index (χ2v) is 5.18. The number of carbonyl (C=O) groups excluding carboxylic acids is 1. The number of rotatable bonds is 7. The molecule has 1 amide bonds. The summed E-state index contributed by atoms with van der Waals surface area (Å²) >= 11 is 0. The third kappa shape index (κ3) is 4.91. The van der Waals surface area contributed by atoms with Gasteiger partial charge in [-0.15, -0.1) is 0 Å². The monoisotopic (exact) mass is 328 g/mol. The summed E-state index contributed by atoms with van der Waals surface area (Å²) in [6.45, 7) is 0. The quantitative estimate of drug-likeness (QED) is 0.597. The van der Waals surface area contributed by atoms with E-state index in [1.165, 1.54) is 12.1 Å². The molecule has 0 saturated carbocycles. The van der Waals surface area contributed by atoms with Crippen LogP contribution in [-0.4, -0.2) is 21.9 Å². The number of carboxylic acid groups (broad SMARTS) is 1. The predicted molar refractivity (Wildman–Crippen MR) is 88.6 cm³/mol. The molecule has 0 unspecified atom stereocenters. The van der Waals surface area contributed by atoms with Crippen molar-refractivity contribution >= 4 is 23.3 Å². The Morgan fingerprint density at radius 1 is 0.958 bits per heavy atom. The van der Waals surface area contributed by atoms with Gasteiger partial charge in [-0.1, -0.05) is 12.1 Å². The normalized spacial score (nSPS) is 10.2. The predicted octanol–water partition coefficient (Wildman–Crippen LogP) is 3.46. The number of carboxylic acids is 1. The summed E-state index contributed by atoms with van der Waals surface area (Å²) < 4.78 is 0. The largest absolute Gasteiger partial charge is 0.481 e. The van der Waals surface area contributed by atoms with Gasteiger partial charge in [-0.25, -0.2) is 0 Å². The van der Waals surface area contributed by atoms with Crippen molar-refractivity contribution in [2.75, 3.05) is 5.32 Å². The zero-order valence-electron chi connectivity index (χ0n) is 12.8. The van der Waals surface area contributed by atoms with Gasteiger partial charge in [-0.05, 0) is 41.8 Å². The van der Waals surface area contributed by atoms with E-state index in [2.05, 4.69) is 5.32 Å². The fraction of sp³-hybridized carbons (Fsp3) is 0.176. The van der Waals surface area contributed by atoms with E-state index in [0.29, 0.717) is 12.1 Å². The van der Waals surface area contributed by atoms with Crippen LogP contribution in [0.2, 0.25) is 0 Å².